The predicted molar refractivity (Wildman–Crippen MR) is 114 cm³/mol. The number of alkyl halides is 2. The molecule has 1 N–H and O–H groups in total. The molecule has 0 fully saturated rings. The lowest BCUT2D eigenvalue weighted by Crippen LogP contribution is -2.26. The van der Waals surface area contributed by atoms with Crippen LogP contribution in [-0.4, -0.2) is 48.0 Å². The average molecular weight is 449 g/mol. The summed E-state index contributed by atoms with van der Waals surface area (Å²) >= 11 is 0. The van der Waals surface area contributed by atoms with Crippen LogP contribution in [0.2, 0.25) is 0 Å². The summed E-state index contributed by atoms with van der Waals surface area (Å²) in [4.78, 5) is 24.9. The normalized spacial score (nSPS) is 15.1. The quantitative estimate of drug-likeness (QED) is 0.515. The third-order valence-electron chi connectivity index (χ3n) is 5.29. The summed E-state index contributed by atoms with van der Waals surface area (Å²) in [6.45, 7) is 4.42. The molecule has 0 spiro atoms. The number of esters is 1. The van der Waals surface area contributed by atoms with Gasteiger partial charge in [0.2, 0.25) is 0 Å². The molecule has 0 radical (unpaired) electrons. The van der Waals surface area contributed by atoms with Gasteiger partial charge >= 0.3 is 5.97 Å². The van der Waals surface area contributed by atoms with Gasteiger partial charge in [0.15, 0.2) is 0 Å². The lowest BCUT2D eigenvalue weighted by molar-refractivity contribution is 0.0494. The number of ether oxygens (including phenoxy) is 2. The van der Waals surface area contributed by atoms with E-state index in [9.17, 15) is 18.4 Å². The van der Waals surface area contributed by atoms with E-state index < -0.39 is 12.4 Å². The number of nitrogens with one attached hydrogen (secondary N) is 1. The first-order chi connectivity index (χ1) is 15.5. The molecule has 0 saturated carbocycles. The largest absolute Gasteiger partial charge is 0.462 e. The van der Waals surface area contributed by atoms with Crippen molar-refractivity contribution in [1.29, 1.82) is 0 Å². The molecule has 1 aliphatic heterocycles. The molecule has 174 valence electrons. The number of nitrogens with zero attached hydrogens (tertiary/aromatic N) is 2. The SMILES string of the molecule is CCc1nn(CCCOC(=O)c2ccc(C(F)F)cc2)c2c1C(=O)NCCCOCCC2. The minimum Gasteiger partial charge on any atom is -0.462 e. The second-order valence-electron chi connectivity index (χ2n) is 7.58. The molecule has 0 aliphatic carbocycles. The summed E-state index contributed by atoms with van der Waals surface area (Å²) < 4.78 is 38.0. The Morgan fingerprint density at radius 2 is 2.00 bits per heavy atom. The maximum atomic E-state index is 12.7. The van der Waals surface area contributed by atoms with E-state index in [-0.39, 0.29) is 23.6 Å². The van der Waals surface area contributed by atoms with E-state index >= 15 is 0 Å². The van der Waals surface area contributed by atoms with Crippen LogP contribution < -0.4 is 5.32 Å². The van der Waals surface area contributed by atoms with Gasteiger partial charge in [-0.25, -0.2) is 13.6 Å². The van der Waals surface area contributed by atoms with Gasteiger partial charge in [0.25, 0.3) is 12.3 Å². The van der Waals surface area contributed by atoms with Gasteiger partial charge in [0, 0.05) is 38.3 Å². The van der Waals surface area contributed by atoms with Crippen LogP contribution in [0.3, 0.4) is 0 Å². The highest BCUT2D eigenvalue weighted by Crippen LogP contribution is 2.20. The minimum atomic E-state index is -2.58. The molecule has 1 amide bonds. The summed E-state index contributed by atoms with van der Waals surface area (Å²) in [5.74, 6) is -0.667. The molecule has 0 unspecified atom stereocenters. The van der Waals surface area contributed by atoms with E-state index in [2.05, 4.69) is 10.4 Å². The van der Waals surface area contributed by atoms with Gasteiger partial charge in [-0.05, 0) is 37.8 Å². The number of benzene rings is 1. The summed E-state index contributed by atoms with van der Waals surface area (Å²) in [6.07, 6.45) is 0.810. The molecule has 9 heteroatoms. The van der Waals surface area contributed by atoms with Crippen molar-refractivity contribution in [3.05, 3.63) is 52.3 Å². The highest BCUT2D eigenvalue weighted by Gasteiger charge is 2.23. The molecule has 1 aliphatic rings. The predicted octanol–water partition coefficient (Wildman–Crippen LogP) is 3.71. The third-order valence-corrected chi connectivity index (χ3v) is 5.29. The molecule has 0 saturated heterocycles. The number of carbonyl (C=O) groups is 2. The number of aromatic nitrogens is 2. The monoisotopic (exact) mass is 449 g/mol. The summed E-state index contributed by atoms with van der Waals surface area (Å²) in [5.41, 5.74) is 2.37. The van der Waals surface area contributed by atoms with Gasteiger partial charge in [-0.3, -0.25) is 9.48 Å². The maximum Gasteiger partial charge on any atom is 0.338 e. The van der Waals surface area contributed by atoms with Crippen molar-refractivity contribution < 1.29 is 27.8 Å². The molecule has 0 bridgehead atoms. The first kappa shape index (κ1) is 23.8. The lowest BCUT2D eigenvalue weighted by atomic mass is 10.1. The van der Waals surface area contributed by atoms with E-state index in [1.54, 1.807) is 0 Å². The van der Waals surface area contributed by atoms with E-state index in [4.69, 9.17) is 9.47 Å². The molecule has 7 nitrogen and oxygen atoms in total. The Bertz CT molecular complexity index is 913. The molecule has 2 heterocycles. The smallest absolute Gasteiger partial charge is 0.338 e. The highest BCUT2D eigenvalue weighted by molar-refractivity contribution is 5.96. The van der Waals surface area contributed by atoms with Crippen molar-refractivity contribution in [2.45, 2.75) is 52.0 Å². The third kappa shape index (κ3) is 6.12. The first-order valence-electron chi connectivity index (χ1n) is 11.0. The Labute approximate surface area is 186 Å². The minimum absolute atomic E-state index is 0.108. The van der Waals surface area contributed by atoms with Crippen molar-refractivity contribution >= 4 is 11.9 Å². The van der Waals surface area contributed by atoms with Crippen molar-refractivity contribution in [2.75, 3.05) is 26.4 Å². The summed E-state index contributed by atoms with van der Waals surface area (Å²) in [6, 6.07) is 5.11. The first-order valence-corrected chi connectivity index (χ1v) is 11.0. The number of halogens is 2. The molecular weight excluding hydrogens is 420 g/mol. The van der Waals surface area contributed by atoms with Crippen molar-refractivity contribution in [2.24, 2.45) is 0 Å². The Hall–Kier alpha value is -2.81. The molecular formula is C23H29F2N3O4. The fourth-order valence-electron chi connectivity index (χ4n) is 3.64. The second kappa shape index (κ2) is 11.7. The fourth-order valence-corrected chi connectivity index (χ4v) is 3.64. The van der Waals surface area contributed by atoms with Crippen molar-refractivity contribution in [1.82, 2.24) is 15.1 Å². The topological polar surface area (TPSA) is 82.5 Å². The number of carbonyl (C=O) groups excluding carboxylic acids is 2. The van der Waals surface area contributed by atoms with Gasteiger partial charge in [-0.1, -0.05) is 19.1 Å². The van der Waals surface area contributed by atoms with Gasteiger partial charge in [0.1, 0.15) is 0 Å². The zero-order valence-electron chi connectivity index (χ0n) is 18.2. The van der Waals surface area contributed by atoms with Crippen LogP contribution in [0, 0.1) is 0 Å². The van der Waals surface area contributed by atoms with Crippen molar-refractivity contribution in [3.8, 4) is 0 Å². The van der Waals surface area contributed by atoms with Crippen LogP contribution in [-0.2, 0) is 28.9 Å². The molecule has 0 atom stereocenters. The maximum absolute atomic E-state index is 12.7. The van der Waals surface area contributed by atoms with Crippen LogP contribution in [0.25, 0.3) is 0 Å². The van der Waals surface area contributed by atoms with Gasteiger partial charge in [0.05, 0.1) is 29.1 Å². The van der Waals surface area contributed by atoms with Crippen LogP contribution >= 0.6 is 0 Å². The number of hydrogen-bond donors (Lipinski definition) is 1. The molecule has 1 aromatic carbocycles. The summed E-state index contributed by atoms with van der Waals surface area (Å²) in [7, 11) is 0. The highest BCUT2D eigenvalue weighted by atomic mass is 19.3. The molecule has 1 aromatic heterocycles. The van der Waals surface area contributed by atoms with Gasteiger partial charge in [-0.15, -0.1) is 0 Å². The Kier molecular flexibility index (Phi) is 8.72. The lowest BCUT2D eigenvalue weighted by Gasteiger charge is -2.10. The fraction of sp³-hybridized carbons (Fsp3) is 0.522. The zero-order chi connectivity index (χ0) is 22.9. The molecule has 2 aromatic rings. The number of aryl methyl sites for hydroxylation is 2. The van der Waals surface area contributed by atoms with Crippen molar-refractivity contribution in [3.63, 3.8) is 0 Å². The second-order valence-corrected chi connectivity index (χ2v) is 7.58. The van der Waals surface area contributed by atoms with E-state index in [0.717, 1.165) is 24.2 Å². The summed E-state index contributed by atoms with van der Waals surface area (Å²) in [5, 5.41) is 7.58. The van der Waals surface area contributed by atoms with E-state index in [1.807, 2.05) is 11.6 Å². The van der Waals surface area contributed by atoms with Crippen LogP contribution in [0.4, 0.5) is 8.78 Å². The number of amides is 1. The average Bonchev–Trinajstić information content (AvgIpc) is 3.13. The van der Waals surface area contributed by atoms with Crippen LogP contribution in [0.5, 0.6) is 0 Å². The molecule has 32 heavy (non-hydrogen) atoms. The van der Waals surface area contributed by atoms with Gasteiger partial charge < -0.3 is 14.8 Å². The number of hydrogen-bond acceptors (Lipinski definition) is 5. The Morgan fingerprint density at radius 3 is 2.72 bits per heavy atom. The Balaban J connectivity index is 1.62. The van der Waals surface area contributed by atoms with Crippen LogP contribution in [0.1, 0.15) is 70.3 Å². The zero-order valence-corrected chi connectivity index (χ0v) is 18.2. The standard InChI is InChI=1S/C23H29F2N3O4/c1-2-18-20-19(6-3-13-31-14-4-11-26-22(20)29)28(27-18)12-5-15-32-23(30)17-9-7-16(8-10-17)21(24)25/h7-10,21H,2-6,11-15H2,1H3,(H,26,29). The van der Waals surface area contributed by atoms with E-state index in [0.29, 0.717) is 51.1 Å². The van der Waals surface area contributed by atoms with Gasteiger partial charge in [-0.2, -0.15) is 5.10 Å². The number of rotatable bonds is 7. The Morgan fingerprint density at radius 1 is 1.25 bits per heavy atom. The van der Waals surface area contributed by atoms with Crippen LogP contribution in [0.15, 0.2) is 24.3 Å². The number of fused-ring (bicyclic) bond motifs is 1. The van der Waals surface area contributed by atoms with E-state index in [1.165, 1.54) is 24.3 Å². The molecule has 3 rings (SSSR count).